The average Bonchev–Trinajstić information content (AvgIpc) is 3.84. The first-order valence-electron chi connectivity index (χ1n) is 14.4. The van der Waals surface area contributed by atoms with Crippen LogP contribution in [0.4, 0.5) is 13.2 Å². The van der Waals surface area contributed by atoms with E-state index < -0.39 is 33.9 Å². The molecule has 226 valence electrons. The SMILES string of the molecule is CCS(=O)(=O)c1ccc([C@H](CO)NC(=O)c2ccc3c(OC[C@H]4CC[C@H](C(F)(F)F)CC4)nc(C4CC4)cc3c2)cc1. The highest BCUT2D eigenvalue weighted by atomic mass is 32.2. The molecule has 1 heterocycles. The fourth-order valence-corrected chi connectivity index (χ4v) is 6.37. The summed E-state index contributed by atoms with van der Waals surface area (Å²) in [5.74, 6) is -0.902. The lowest BCUT2D eigenvalue weighted by atomic mass is 9.82. The molecule has 0 radical (unpaired) electrons. The second kappa shape index (κ2) is 12.2. The van der Waals surface area contributed by atoms with Crippen LogP contribution in [-0.2, 0) is 9.84 Å². The Labute approximate surface area is 243 Å². The highest BCUT2D eigenvalue weighted by Gasteiger charge is 2.41. The van der Waals surface area contributed by atoms with E-state index in [0.29, 0.717) is 47.8 Å². The minimum Gasteiger partial charge on any atom is -0.477 e. The lowest BCUT2D eigenvalue weighted by Crippen LogP contribution is -2.30. The summed E-state index contributed by atoms with van der Waals surface area (Å²) in [6.45, 7) is 1.48. The molecule has 0 saturated heterocycles. The Morgan fingerprint density at radius 1 is 1.05 bits per heavy atom. The summed E-state index contributed by atoms with van der Waals surface area (Å²) in [4.78, 5) is 18.1. The van der Waals surface area contributed by atoms with Crippen molar-refractivity contribution < 1.29 is 36.2 Å². The average molecular weight is 605 g/mol. The number of nitrogens with one attached hydrogen (secondary N) is 1. The summed E-state index contributed by atoms with van der Waals surface area (Å²) in [6, 6.07) is 12.4. The molecule has 2 aliphatic carbocycles. The van der Waals surface area contributed by atoms with Crippen molar-refractivity contribution in [3.05, 3.63) is 65.4 Å². The standard InChI is InChI=1S/C31H35F3N2O5S/c1-2-42(39,40)25-12-7-21(8-13-25)28(17-37)35-29(38)22-9-14-26-23(15-22)16-27(20-5-6-20)36-30(26)41-18-19-3-10-24(11-4-19)31(32,33)34/h7-9,12-16,19-20,24,28,37H,2-6,10-11,17-18H2,1H3,(H,35,38)/t19-,24-,28-/m0/s1. The Bertz CT molecular complexity index is 1530. The third-order valence-electron chi connectivity index (χ3n) is 8.35. The lowest BCUT2D eigenvalue weighted by molar-refractivity contribution is -0.184. The molecule has 7 nitrogen and oxygen atoms in total. The van der Waals surface area contributed by atoms with Crippen LogP contribution in [0, 0.1) is 11.8 Å². The fourth-order valence-electron chi connectivity index (χ4n) is 5.49. The van der Waals surface area contributed by atoms with Crippen LogP contribution in [0.2, 0.25) is 0 Å². The summed E-state index contributed by atoms with van der Waals surface area (Å²) >= 11 is 0. The molecular formula is C31H35F3N2O5S. The number of hydrogen-bond acceptors (Lipinski definition) is 6. The van der Waals surface area contributed by atoms with Gasteiger partial charge in [0.05, 0.1) is 35.8 Å². The van der Waals surface area contributed by atoms with Gasteiger partial charge >= 0.3 is 6.18 Å². The Morgan fingerprint density at radius 3 is 2.33 bits per heavy atom. The second-order valence-electron chi connectivity index (χ2n) is 11.3. The Kier molecular flexibility index (Phi) is 8.80. The number of aliphatic hydroxyl groups is 1. The zero-order chi connectivity index (χ0) is 30.1. The first-order chi connectivity index (χ1) is 20.0. The van der Waals surface area contributed by atoms with Crippen molar-refractivity contribution in [2.45, 2.75) is 68.5 Å². The van der Waals surface area contributed by atoms with Crippen LogP contribution < -0.4 is 10.1 Å². The number of ether oxygens (including phenoxy) is 1. The maximum atomic E-state index is 13.2. The first kappa shape index (κ1) is 30.3. The number of sulfone groups is 1. The van der Waals surface area contributed by atoms with Crippen LogP contribution >= 0.6 is 0 Å². The zero-order valence-corrected chi connectivity index (χ0v) is 24.2. The number of benzene rings is 2. The van der Waals surface area contributed by atoms with Gasteiger partial charge < -0.3 is 15.2 Å². The molecule has 1 aromatic heterocycles. The van der Waals surface area contributed by atoms with Crippen LogP contribution in [0.3, 0.4) is 0 Å². The summed E-state index contributed by atoms with van der Waals surface area (Å²) < 4.78 is 69.5. The van der Waals surface area contributed by atoms with E-state index in [-0.39, 0.29) is 36.0 Å². The molecule has 3 aromatic rings. The van der Waals surface area contributed by atoms with E-state index in [1.54, 1.807) is 37.3 Å². The molecule has 0 aliphatic heterocycles. The van der Waals surface area contributed by atoms with Crippen molar-refractivity contribution in [1.29, 1.82) is 0 Å². The Morgan fingerprint density at radius 2 is 1.74 bits per heavy atom. The number of alkyl halides is 3. The largest absolute Gasteiger partial charge is 0.477 e. The number of nitrogens with zero attached hydrogens (tertiary/aromatic N) is 1. The van der Waals surface area contributed by atoms with E-state index in [2.05, 4.69) is 5.32 Å². The highest BCUT2D eigenvalue weighted by molar-refractivity contribution is 7.91. The summed E-state index contributed by atoms with van der Waals surface area (Å²) in [5.41, 5.74) is 1.81. The smallest absolute Gasteiger partial charge is 0.391 e. The quantitative estimate of drug-likeness (QED) is 0.289. The van der Waals surface area contributed by atoms with Crippen molar-refractivity contribution in [1.82, 2.24) is 10.3 Å². The van der Waals surface area contributed by atoms with E-state index in [4.69, 9.17) is 9.72 Å². The van der Waals surface area contributed by atoms with Gasteiger partial charge in [0.25, 0.3) is 5.91 Å². The lowest BCUT2D eigenvalue weighted by Gasteiger charge is -2.29. The monoisotopic (exact) mass is 604 g/mol. The van der Waals surface area contributed by atoms with Gasteiger partial charge in [0.2, 0.25) is 5.88 Å². The fraction of sp³-hybridized carbons (Fsp3) is 0.484. The van der Waals surface area contributed by atoms with Gasteiger partial charge in [0.15, 0.2) is 9.84 Å². The van der Waals surface area contributed by atoms with Gasteiger partial charge in [-0.25, -0.2) is 13.4 Å². The molecule has 2 N–H and O–H groups in total. The van der Waals surface area contributed by atoms with Gasteiger partial charge in [0, 0.05) is 22.6 Å². The van der Waals surface area contributed by atoms with Crippen molar-refractivity contribution in [2.75, 3.05) is 19.0 Å². The number of hydrogen-bond donors (Lipinski definition) is 2. The van der Waals surface area contributed by atoms with Crippen LogP contribution in [0.5, 0.6) is 5.88 Å². The minimum absolute atomic E-state index is 0.0256. The molecule has 0 unspecified atom stereocenters. The molecule has 5 rings (SSSR count). The number of rotatable bonds is 10. The summed E-state index contributed by atoms with van der Waals surface area (Å²) in [6.07, 6.45) is -0.986. The van der Waals surface area contributed by atoms with Crippen molar-refractivity contribution in [3.63, 3.8) is 0 Å². The molecule has 2 saturated carbocycles. The van der Waals surface area contributed by atoms with Gasteiger partial charge in [-0.2, -0.15) is 13.2 Å². The molecule has 42 heavy (non-hydrogen) atoms. The Hall–Kier alpha value is -3.18. The second-order valence-corrected chi connectivity index (χ2v) is 13.6. The molecular weight excluding hydrogens is 569 g/mol. The number of halogens is 3. The van der Waals surface area contributed by atoms with Crippen LogP contribution in [0.25, 0.3) is 10.8 Å². The molecule has 1 atom stereocenters. The van der Waals surface area contributed by atoms with Gasteiger partial charge in [-0.1, -0.05) is 19.1 Å². The number of pyridine rings is 1. The Balaban J connectivity index is 1.31. The molecule has 11 heteroatoms. The van der Waals surface area contributed by atoms with Crippen LogP contribution in [-0.4, -0.2) is 49.6 Å². The number of aromatic nitrogens is 1. The van der Waals surface area contributed by atoms with E-state index in [9.17, 15) is 31.5 Å². The maximum absolute atomic E-state index is 13.2. The number of carbonyl (C=O) groups is 1. The normalized spacial score (nSPS) is 20.3. The topological polar surface area (TPSA) is 106 Å². The zero-order valence-electron chi connectivity index (χ0n) is 23.4. The van der Waals surface area contributed by atoms with Gasteiger partial charge in [-0.15, -0.1) is 0 Å². The van der Waals surface area contributed by atoms with Gasteiger partial charge in [0.1, 0.15) is 0 Å². The van der Waals surface area contributed by atoms with E-state index in [1.807, 2.05) is 6.07 Å². The number of carbonyl (C=O) groups excluding carboxylic acids is 1. The van der Waals surface area contributed by atoms with Crippen LogP contribution in [0.15, 0.2) is 53.4 Å². The number of amides is 1. The molecule has 2 aromatic carbocycles. The first-order valence-corrected chi connectivity index (χ1v) is 16.0. The molecule has 0 spiro atoms. The molecule has 0 bridgehead atoms. The molecule has 2 fully saturated rings. The minimum atomic E-state index is -4.15. The predicted molar refractivity (Wildman–Crippen MR) is 152 cm³/mol. The third kappa shape index (κ3) is 6.89. The third-order valence-corrected chi connectivity index (χ3v) is 10.1. The van der Waals surface area contributed by atoms with Gasteiger partial charge in [-0.05, 0) is 91.8 Å². The molecule has 2 aliphatic rings. The van der Waals surface area contributed by atoms with Gasteiger partial charge in [-0.3, -0.25) is 4.79 Å². The number of aliphatic hydroxyl groups excluding tert-OH is 1. The van der Waals surface area contributed by atoms with Crippen molar-refractivity contribution in [2.24, 2.45) is 11.8 Å². The van der Waals surface area contributed by atoms with Crippen LogP contribution in [0.1, 0.15) is 79.0 Å². The van der Waals surface area contributed by atoms with E-state index in [0.717, 1.165) is 23.9 Å². The highest BCUT2D eigenvalue weighted by Crippen LogP contribution is 2.42. The predicted octanol–water partition coefficient (Wildman–Crippen LogP) is 6.12. The summed E-state index contributed by atoms with van der Waals surface area (Å²) in [7, 11) is -3.37. The summed E-state index contributed by atoms with van der Waals surface area (Å²) in [5, 5.41) is 14.3. The maximum Gasteiger partial charge on any atom is 0.391 e. The number of fused-ring (bicyclic) bond motifs is 1. The van der Waals surface area contributed by atoms with E-state index in [1.165, 1.54) is 12.1 Å². The molecule has 1 amide bonds. The van der Waals surface area contributed by atoms with E-state index >= 15 is 0 Å². The van der Waals surface area contributed by atoms with Crippen molar-refractivity contribution >= 4 is 26.5 Å². The van der Waals surface area contributed by atoms with Crippen molar-refractivity contribution in [3.8, 4) is 5.88 Å².